The minimum absolute atomic E-state index is 0.0653. The molecule has 21 heavy (non-hydrogen) atoms. The van der Waals surface area contributed by atoms with Crippen LogP contribution in [0.1, 0.15) is 25.8 Å². The van der Waals surface area contributed by atoms with E-state index in [-0.39, 0.29) is 18.5 Å². The normalized spacial score (nSPS) is 15.6. The molecular formula is C15H20ClN3O2. The lowest BCUT2D eigenvalue weighted by Gasteiger charge is -2.31. The van der Waals surface area contributed by atoms with Crippen molar-refractivity contribution in [2.75, 3.05) is 19.6 Å². The molecule has 0 spiro atoms. The smallest absolute Gasteiger partial charge is 0.317 e. The summed E-state index contributed by atoms with van der Waals surface area (Å²) in [7, 11) is 0. The third-order valence-corrected chi connectivity index (χ3v) is 3.74. The molecule has 2 N–H and O–H groups in total. The first kappa shape index (κ1) is 15.6. The molecule has 1 saturated heterocycles. The molecule has 0 aliphatic carbocycles. The molecule has 1 aromatic carbocycles. The maximum Gasteiger partial charge on any atom is 0.317 e. The van der Waals surface area contributed by atoms with Crippen molar-refractivity contribution in [2.24, 2.45) is 0 Å². The molecule has 3 amide bonds. The third-order valence-electron chi connectivity index (χ3n) is 3.50. The van der Waals surface area contributed by atoms with Crippen molar-refractivity contribution in [3.05, 3.63) is 34.9 Å². The summed E-state index contributed by atoms with van der Waals surface area (Å²) >= 11 is 5.99. The number of carbonyl (C=O) groups is 2. The van der Waals surface area contributed by atoms with Gasteiger partial charge < -0.3 is 15.5 Å². The average molecular weight is 310 g/mol. The molecule has 2 rings (SSSR count). The molecule has 5 nitrogen and oxygen atoms in total. The molecule has 114 valence electrons. The second-order valence-electron chi connectivity index (χ2n) is 5.69. The zero-order chi connectivity index (χ0) is 15.5. The van der Waals surface area contributed by atoms with Gasteiger partial charge in [-0.05, 0) is 38.0 Å². The molecule has 0 aromatic heterocycles. The van der Waals surface area contributed by atoms with E-state index >= 15 is 0 Å². The minimum atomic E-state index is -0.547. The van der Waals surface area contributed by atoms with Crippen molar-refractivity contribution in [3.8, 4) is 0 Å². The van der Waals surface area contributed by atoms with Crippen molar-refractivity contribution >= 4 is 23.5 Å². The Balaban J connectivity index is 1.99. The highest BCUT2D eigenvalue weighted by molar-refractivity contribution is 6.30. The summed E-state index contributed by atoms with van der Waals surface area (Å²) in [4.78, 5) is 25.3. The van der Waals surface area contributed by atoms with E-state index in [9.17, 15) is 9.59 Å². The van der Waals surface area contributed by atoms with Gasteiger partial charge in [0.2, 0.25) is 5.91 Å². The van der Waals surface area contributed by atoms with Crippen LogP contribution in [-0.4, -0.2) is 36.5 Å². The molecule has 0 saturated carbocycles. The lowest BCUT2D eigenvalue weighted by atomic mass is 9.94. The third kappa shape index (κ3) is 4.11. The lowest BCUT2D eigenvalue weighted by Crippen LogP contribution is -2.52. The number of hydrogen-bond acceptors (Lipinski definition) is 2. The molecule has 0 bridgehead atoms. The van der Waals surface area contributed by atoms with Crippen LogP contribution in [0.3, 0.4) is 0 Å². The molecule has 1 heterocycles. The van der Waals surface area contributed by atoms with Crippen LogP contribution in [-0.2, 0) is 10.3 Å². The fourth-order valence-corrected chi connectivity index (χ4v) is 2.53. The quantitative estimate of drug-likeness (QED) is 0.895. The predicted molar refractivity (Wildman–Crippen MR) is 82.2 cm³/mol. The average Bonchev–Trinajstić information content (AvgIpc) is 2.41. The van der Waals surface area contributed by atoms with Gasteiger partial charge in [-0.3, -0.25) is 4.79 Å². The molecule has 0 atom stereocenters. The summed E-state index contributed by atoms with van der Waals surface area (Å²) in [6.45, 7) is 5.16. The number of hydrogen-bond donors (Lipinski definition) is 2. The number of amides is 3. The topological polar surface area (TPSA) is 61.4 Å². The molecule has 1 aliphatic heterocycles. The van der Waals surface area contributed by atoms with Crippen LogP contribution in [0.4, 0.5) is 4.79 Å². The summed E-state index contributed by atoms with van der Waals surface area (Å²) in [6, 6.07) is 7.21. The first-order valence-electron chi connectivity index (χ1n) is 6.98. The van der Waals surface area contributed by atoms with Crippen molar-refractivity contribution < 1.29 is 9.59 Å². The summed E-state index contributed by atoms with van der Waals surface area (Å²) in [5.74, 6) is -0.183. The van der Waals surface area contributed by atoms with E-state index in [4.69, 9.17) is 11.6 Å². The fraction of sp³-hybridized carbons (Fsp3) is 0.467. The molecule has 1 aliphatic rings. The highest BCUT2D eigenvalue weighted by Crippen LogP contribution is 2.22. The van der Waals surface area contributed by atoms with Crippen LogP contribution in [0.25, 0.3) is 0 Å². The van der Waals surface area contributed by atoms with Crippen LogP contribution in [0.2, 0.25) is 5.02 Å². The van der Waals surface area contributed by atoms with Gasteiger partial charge in [0.15, 0.2) is 0 Å². The van der Waals surface area contributed by atoms with Gasteiger partial charge in [0.25, 0.3) is 0 Å². The van der Waals surface area contributed by atoms with Gasteiger partial charge in [0.05, 0.1) is 5.54 Å². The van der Waals surface area contributed by atoms with E-state index in [1.807, 2.05) is 32.0 Å². The Labute approximate surface area is 129 Å². The zero-order valence-electron chi connectivity index (χ0n) is 12.3. The summed E-state index contributed by atoms with van der Waals surface area (Å²) in [6.07, 6.45) is 0.858. The maximum atomic E-state index is 12.2. The first-order chi connectivity index (χ1) is 9.88. The number of halogens is 1. The molecular weight excluding hydrogens is 290 g/mol. The number of rotatable bonds is 4. The Morgan fingerprint density at radius 2 is 2.24 bits per heavy atom. The fourth-order valence-electron chi connectivity index (χ4n) is 2.34. The number of benzene rings is 1. The van der Waals surface area contributed by atoms with Crippen molar-refractivity contribution in [3.63, 3.8) is 0 Å². The number of nitrogens with zero attached hydrogens (tertiary/aromatic N) is 1. The maximum absolute atomic E-state index is 12.2. The number of urea groups is 1. The van der Waals surface area contributed by atoms with Crippen molar-refractivity contribution in [2.45, 2.75) is 25.8 Å². The first-order valence-corrected chi connectivity index (χ1v) is 7.36. The minimum Gasteiger partial charge on any atom is -0.346 e. The molecule has 1 fully saturated rings. The van der Waals surface area contributed by atoms with E-state index in [0.717, 1.165) is 12.0 Å². The molecule has 0 unspecified atom stereocenters. The van der Waals surface area contributed by atoms with Gasteiger partial charge in [-0.2, -0.15) is 0 Å². The van der Waals surface area contributed by atoms with Gasteiger partial charge in [-0.25, -0.2) is 4.79 Å². The predicted octanol–water partition coefficient (Wildman–Crippen LogP) is 2.11. The van der Waals surface area contributed by atoms with Crippen molar-refractivity contribution in [1.29, 1.82) is 0 Å². The second-order valence-corrected chi connectivity index (χ2v) is 6.13. The lowest BCUT2D eigenvalue weighted by molar-refractivity contribution is -0.123. The number of carbonyl (C=O) groups excluding carboxylic acids is 2. The van der Waals surface area contributed by atoms with Gasteiger partial charge >= 0.3 is 6.03 Å². The van der Waals surface area contributed by atoms with E-state index in [1.165, 1.54) is 4.90 Å². The van der Waals surface area contributed by atoms with Gasteiger partial charge in [0, 0.05) is 18.1 Å². The summed E-state index contributed by atoms with van der Waals surface area (Å²) < 4.78 is 0. The molecule has 0 radical (unpaired) electrons. The monoisotopic (exact) mass is 309 g/mol. The van der Waals surface area contributed by atoms with Crippen LogP contribution in [0.15, 0.2) is 24.3 Å². The van der Waals surface area contributed by atoms with Gasteiger partial charge in [0.1, 0.15) is 6.54 Å². The number of nitrogens with one attached hydrogen (secondary N) is 2. The highest BCUT2D eigenvalue weighted by Gasteiger charge is 2.26. The second kappa shape index (κ2) is 6.35. The molecule has 1 aromatic rings. The van der Waals surface area contributed by atoms with E-state index < -0.39 is 5.54 Å². The van der Waals surface area contributed by atoms with E-state index in [2.05, 4.69) is 10.6 Å². The van der Waals surface area contributed by atoms with Crippen LogP contribution >= 0.6 is 11.6 Å². The standard InChI is InChI=1S/C15H20ClN3O2/c1-15(2,11-5-3-6-12(16)9-11)18-13(20)10-19-8-4-7-17-14(19)21/h3,5-6,9H,4,7-8,10H2,1-2H3,(H,17,21)(H,18,20). The summed E-state index contributed by atoms with van der Waals surface area (Å²) in [5.41, 5.74) is 0.375. The van der Waals surface area contributed by atoms with Crippen LogP contribution < -0.4 is 10.6 Å². The molecule has 6 heteroatoms. The Kier molecular flexibility index (Phi) is 4.73. The van der Waals surface area contributed by atoms with E-state index in [1.54, 1.807) is 6.07 Å². The Morgan fingerprint density at radius 1 is 1.48 bits per heavy atom. The Bertz CT molecular complexity index is 545. The van der Waals surface area contributed by atoms with E-state index in [0.29, 0.717) is 18.1 Å². The summed E-state index contributed by atoms with van der Waals surface area (Å²) in [5, 5.41) is 6.31. The van der Waals surface area contributed by atoms with Crippen molar-refractivity contribution in [1.82, 2.24) is 15.5 Å². The van der Waals surface area contributed by atoms with Crippen LogP contribution in [0, 0.1) is 0 Å². The van der Waals surface area contributed by atoms with Crippen LogP contribution in [0.5, 0.6) is 0 Å². The Morgan fingerprint density at radius 3 is 2.90 bits per heavy atom. The Hall–Kier alpha value is -1.75. The highest BCUT2D eigenvalue weighted by atomic mass is 35.5. The zero-order valence-corrected chi connectivity index (χ0v) is 13.0. The SMILES string of the molecule is CC(C)(NC(=O)CN1CCCNC1=O)c1cccc(Cl)c1. The largest absolute Gasteiger partial charge is 0.346 e. The van der Waals surface area contributed by atoms with Gasteiger partial charge in [-0.15, -0.1) is 0 Å². The van der Waals surface area contributed by atoms with Gasteiger partial charge in [-0.1, -0.05) is 23.7 Å².